The van der Waals surface area contributed by atoms with Crippen molar-refractivity contribution < 1.29 is 13.2 Å². The van der Waals surface area contributed by atoms with Crippen LogP contribution in [0, 0.1) is 6.92 Å². The zero-order valence-corrected chi connectivity index (χ0v) is 17.8. The minimum atomic E-state index is -3.61. The van der Waals surface area contributed by atoms with Crippen LogP contribution in [0.4, 0.5) is 0 Å². The molecule has 8 heteroatoms. The highest BCUT2D eigenvalue weighted by Gasteiger charge is 2.29. The molecule has 29 heavy (non-hydrogen) atoms. The third-order valence-corrected chi connectivity index (χ3v) is 7.86. The number of nitrogens with zero attached hydrogens (tertiary/aromatic N) is 3. The summed E-state index contributed by atoms with van der Waals surface area (Å²) in [5.41, 5.74) is 3.99. The summed E-state index contributed by atoms with van der Waals surface area (Å²) >= 11 is 0. The average Bonchev–Trinajstić information content (AvgIpc) is 2.75. The number of hydrogen-bond acceptors (Lipinski definition) is 5. The SMILES string of the molecule is CCn1nc(-c2ccc(C)c(S(=O)(=O)N3CCOCC3)c2)c2c(c1=O)CCCC2. The molecule has 2 heterocycles. The zero-order valence-electron chi connectivity index (χ0n) is 17.0. The lowest BCUT2D eigenvalue weighted by atomic mass is 9.89. The number of rotatable bonds is 4. The second-order valence-corrected chi connectivity index (χ2v) is 9.54. The second kappa shape index (κ2) is 8.01. The van der Waals surface area contributed by atoms with Crippen molar-refractivity contribution >= 4 is 10.0 Å². The lowest BCUT2D eigenvalue weighted by molar-refractivity contribution is 0.0730. The summed E-state index contributed by atoms with van der Waals surface area (Å²) in [7, 11) is -3.61. The molecule has 1 aliphatic heterocycles. The summed E-state index contributed by atoms with van der Waals surface area (Å²) in [6.07, 6.45) is 3.58. The Hall–Kier alpha value is -2.03. The molecule has 0 spiro atoms. The van der Waals surface area contributed by atoms with Gasteiger partial charge in [0.25, 0.3) is 5.56 Å². The molecule has 2 aliphatic rings. The monoisotopic (exact) mass is 417 g/mol. The summed E-state index contributed by atoms with van der Waals surface area (Å²) in [5.74, 6) is 0. The number of aromatic nitrogens is 2. The van der Waals surface area contributed by atoms with Crippen LogP contribution in [0.1, 0.15) is 36.5 Å². The topological polar surface area (TPSA) is 81.5 Å². The van der Waals surface area contributed by atoms with Gasteiger partial charge in [0.1, 0.15) is 0 Å². The molecule has 7 nitrogen and oxygen atoms in total. The molecule has 0 atom stereocenters. The van der Waals surface area contributed by atoms with E-state index in [0.29, 0.717) is 43.3 Å². The van der Waals surface area contributed by atoms with Gasteiger partial charge >= 0.3 is 0 Å². The van der Waals surface area contributed by atoms with Gasteiger partial charge in [0.15, 0.2) is 0 Å². The van der Waals surface area contributed by atoms with Crippen LogP contribution in [0.15, 0.2) is 27.9 Å². The maximum atomic E-state index is 13.3. The molecule has 1 fully saturated rings. The molecule has 156 valence electrons. The first-order valence-electron chi connectivity index (χ1n) is 10.2. The van der Waals surface area contributed by atoms with Gasteiger partial charge in [-0.3, -0.25) is 4.79 Å². The highest BCUT2D eigenvalue weighted by molar-refractivity contribution is 7.89. The van der Waals surface area contributed by atoms with Crippen molar-refractivity contribution in [2.75, 3.05) is 26.3 Å². The van der Waals surface area contributed by atoms with E-state index in [0.717, 1.165) is 48.1 Å². The molecule has 1 aliphatic carbocycles. The van der Waals surface area contributed by atoms with Crippen molar-refractivity contribution in [1.29, 1.82) is 0 Å². The van der Waals surface area contributed by atoms with Gasteiger partial charge in [-0.25, -0.2) is 13.1 Å². The fourth-order valence-electron chi connectivity index (χ4n) is 4.18. The fraction of sp³-hybridized carbons (Fsp3) is 0.524. The highest BCUT2D eigenvalue weighted by atomic mass is 32.2. The van der Waals surface area contributed by atoms with Crippen molar-refractivity contribution in [3.63, 3.8) is 0 Å². The first kappa shape index (κ1) is 20.3. The largest absolute Gasteiger partial charge is 0.379 e. The van der Waals surface area contributed by atoms with Crippen LogP contribution in [0.2, 0.25) is 0 Å². The number of sulfonamides is 1. The van der Waals surface area contributed by atoms with Crippen molar-refractivity contribution in [2.45, 2.75) is 51.0 Å². The Labute approximate surface area is 171 Å². The van der Waals surface area contributed by atoms with Gasteiger partial charge in [-0.15, -0.1) is 0 Å². The summed E-state index contributed by atoms with van der Waals surface area (Å²) in [5, 5.41) is 4.62. The smallest absolute Gasteiger partial charge is 0.270 e. The number of fused-ring (bicyclic) bond motifs is 1. The number of morpholine rings is 1. The molecule has 0 saturated carbocycles. The molecule has 1 aromatic carbocycles. The fourth-order valence-corrected chi connectivity index (χ4v) is 5.84. The Balaban J connectivity index is 1.86. The molecule has 0 unspecified atom stereocenters. The standard InChI is InChI=1S/C21H27N3O4S/c1-3-24-21(25)18-7-5-4-6-17(18)20(22-24)16-9-8-15(2)19(14-16)29(26,27)23-10-12-28-13-11-23/h8-9,14H,3-7,10-13H2,1-2H3. The molecule has 4 rings (SSSR count). The van der Waals surface area contributed by atoms with Gasteiger partial charge in [-0.2, -0.15) is 9.40 Å². The Kier molecular flexibility index (Phi) is 5.59. The van der Waals surface area contributed by atoms with Crippen LogP contribution in [-0.2, 0) is 34.1 Å². The third-order valence-electron chi connectivity index (χ3n) is 5.82. The van der Waals surface area contributed by atoms with Gasteiger partial charge in [0.2, 0.25) is 10.0 Å². The zero-order chi connectivity index (χ0) is 20.6. The van der Waals surface area contributed by atoms with E-state index in [1.165, 1.54) is 8.99 Å². The Morgan fingerprint density at radius 1 is 1.10 bits per heavy atom. The Morgan fingerprint density at radius 2 is 1.79 bits per heavy atom. The van der Waals surface area contributed by atoms with Crippen molar-refractivity contribution in [3.05, 3.63) is 45.2 Å². The van der Waals surface area contributed by atoms with Crippen LogP contribution < -0.4 is 5.56 Å². The summed E-state index contributed by atoms with van der Waals surface area (Å²) < 4.78 is 34.8. The van der Waals surface area contributed by atoms with E-state index in [9.17, 15) is 13.2 Å². The summed E-state index contributed by atoms with van der Waals surface area (Å²) in [6, 6.07) is 5.47. The summed E-state index contributed by atoms with van der Waals surface area (Å²) in [4.78, 5) is 13.0. The normalized spacial score (nSPS) is 17.9. The highest BCUT2D eigenvalue weighted by Crippen LogP contribution is 2.31. The molecule has 2 aromatic rings. The molecule has 1 saturated heterocycles. The quantitative estimate of drug-likeness (QED) is 0.761. The first-order valence-corrected chi connectivity index (χ1v) is 11.7. The third kappa shape index (κ3) is 3.65. The van der Waals surface area contributed by atoms with Crippen molar-refractivity contribution in [3.8, 4) is 11.3 Å². The summed E-state index contributed by atoms with van der Waals surface area (Å²) in [6.45, 7) is 5.75. The van der Waals surface area contributed by atoms with E-state index in [2.05, 4.69) is 5.10 Å². The molecule has 1 aromatic heterocycles. The lowest BCUT2D eigenvalue weighted by Gasteiger charge is -2.27. The number of aryl methyl sites for hydroxylation is 2. The van der Waals surface area contributed by atoms with Gasteiger partial charge in [-0.1, -0.05) is 12.1 Å². The van der Waals surface area contributed by atoms with E-state index in [1.807, 2.05) is 26.0 Å². The van der Waals surface area contributed by atoms with Crippen LogP contribution >= 0.6 is 0 Å². The lowest BCUT2D eigenvalue weighted by Crippen LogP contribution is -2.40. The second-order valence-electron chi connectivity index (χ2n) is 7.63. The van der Waals surface area contributed by atoms with Crippen LogP contribution in [0.5, 0.6) is 0 Å². The van der Waals surface area contributed by atoms with Gasteiger partial charge in [-0.05, 0) is 56.7 Å². The molecule has 0 bridgehead atoms. The maximum Gasteiger partial charge on any atom is 0.270 e. The van der Waals surface area contributed by atoms with E-state index < -0.39 is 10.0 Å². The predicted octanol–water partition coefficient (Wildman–Crippen LogP) is 2.14. The predicted molar refractivity (Wildman–Crippen MR) is 111 cm³/mol. The van der Waals surface area contributed by atoms with E-state index >= 15 is 0 Å². The first-order chi connectivity index (χ1) is 13.9. The van der Waals surface area contributed by atoms with Crippen molar-refractivity contribution in [2.24, 2.45) is 0 Å². The minimum Gasteiger partial charge on any atom is -0.379 e. The Bertz CT molecular complexity index is 1090. The maximum absolute atomic E-state index is 13.3. The van der Waals surface area contributed by atoms with Crippen LogP contribution in [-0.4, -0.2) is 48.8 Å². The number of ether oxygens (including phenoxy) is 1. The van der Waals surface area contributed by atoms with Crippen LogP contribution in [0.25, 0.3) is 11.3 Å². The van der Waals surface area contributed by atoms with Gasteiger partial charge in [0.05, 0.1) is 23.8 Å². The average molecular weight is 418 g/mol. The molecule has 0 amide bonds. The number of benzene rings is 1. The van der Waals surface area contributed by atoms with Gasteiger partial charge in [0, 0.05) is 30.8 Å². The van der Waals surface area contributed by atoms with Crippen LogP contribution in [0.3, 0.4) is 0 Å². The van der Waals surface area contributed by atoms with E-state index in [1.54, 1.807) is 6.07 Å². The minimum absolute atomic E-state index is 0.0146. The Morgan fingerprint density at radius 3 is 2.48 bits per heavy atom. The van der Waals surface area contributed by atoms with Crippen molar-refractivity contribution in [1.82, 2.24) is 14.1 Å². The van der Waals surface area contributed by atoms with E-state index in [-0.39, 0.29) is 5.56 Å². The number of hydrogen-bond donors (Lipinski definition) is 0. The molecular weight excluding hydrogens is 390 g/mol. The molecular formula is C21H27N3O4S. The van der Waals surface area contributed by atoms with E-state index in [4.69, 9.17) is 4.74 Å². The molecule has 0 radical (unpaired) electrons. The van der Waals surface area contributed by atoms with Gasteiger partial charge < -0.3 is 4.74 Å². The molecule has 0 N–H and O–H groups in total.